The number of nitrogens with one attached hydrogen (secondary N) is 1. The van der Waals surface area contributed by atoms with Crippen LogP contribution in [-0.2, 0) is 14.3 Å². The number of hydrogen-bond donors (Lipinski definition) is 1. The number of rotatable bonds is 8. The lowest BCUT2D eigenvalue weighted by atomic mass is 10.2. The van der Waals surface area contributed by atoms with E-state index in [1.807, 2.05) is 6.92 Å². The summed E-state index contributed by atoms with van der Waals surface area (Å²) in [6.45, 7) is 1.72. The molecule has 28 heavy (non-hydrogen) atoms. The van der Waals surface area contributed by atoms with E-state index in [4.69, 9.17) is 21.1 Å². The molecule has 2 aromatic carbocycles. The van der Waals surface area contributed by atoms with Crippen molar-refractivity contribution in [2.75, 3.05) is 18.5 Å². The summed E-state index contributed by atoms with van der Waals surface area (Å²) in [6, 6.07) is 10.9. The first-order valence-electron chi connectivity index (χ1n) is 8.21. The SMILES string of the molecule is CCOc1ccccc1/C=C/C(=O)OCC(=O)Nc1ccc(Cl)cc1[N+](=O)[O-]. The van der Waals surface area contributed by atoms with Gasteiger partial charge in [-0.25, -0.2) is 4.79 Å². The molecule has 9 heteroatoms. The summed E-state index contributed by atoms with van der Waals surface area (Å²) in [4.78, 5) is 34.0. The number of carbonyl (C=O) groups is 2. The molecular weight excluding hydrogens is 388 g/mol. The van der Waals surface area contributed by atoms with Gasteiger partial charge in [-0.2, -0.15) is 0 Å². The lowest BCUT2D eigenvalue weighted by Gasteiger charge is -2.07. The fourth-order valence-corrected chi connectivity index (χ4v) is 2.36. The second-order valence-corrected chi connectivity index (χ2v) is 5.82. The number of benzene rings is 2. The highest BCUT2D eigenvalue weighted by molar-refractivity contribution is 6.31. The Hall–Kier alpha value is -3.39. The number of carbonyl (C=O) groups excluding carboxylic acids is 2. The third-order valence-electron chi connectivity index (χ3n) is 3.39. The fraction of sp³-hybridized carbons (Fsp3) is 0.158. The lowest BCUT2D eigenvalue weighted by Crippen LogP contribution is -2.20. The van der Waals surface area contributed by atoms with Gasteiger partial charge in [-0.1, -0.05) is 29.8 Å². The van der Waals surface area contributed by atoms with Crippen molar-refractivity contribution in [2.45, 2.75) is 6.92 Å². The molecule has 146 valence electrons. The molecule has 0 saturated heterocycles. The van der Waals surface area contributed by atoms with E-state index < -0.39 is 23.4 Å². The topological polar surface area (TPSA) is 108 Å². The van der Waals surface area contributed by atoms with Crippen LogP contribution in [0.5, 0.6) is 5.75 Å². The average Bonchev–Trinajstić information content (AvgIpc) is 2.67. The molecule has 0 aliphatic carbocycles. The normalized spacial score (nSPS) is 10.5. The average molecular weight is 405 g/mol. The van der Waals surface area contributed by atoms with Crippen LogP contribution in [0.3, 0.4) is 0 Å². The zero-order valence-corrected chi connectivity index (χ0v) is 15.6. The van der Waals surface area contributed by atoms with Crippen LogP contribution < -0.4 is 10.1 Å². The third kappa shape index (κ3) is 6.10. The van der Waals surface area contributed by atoms with Crippen LogP contribution in [0.4, 0.5) is 11.4 Å². The number of esters is 1. The Morgan fingerprint density at radius 2 is 2.00 bits per heavy atom. The zero-order chi connectivity index (χ0) is 20.5. The van der Waals surface area contributed by atoms with Crippen molar-refractivity contribution in [1.82, 2.24) is 0 Å². The van der Waals surface area contributed by atoms with Crippen molar-refractivity contribution in [2.24, 2.45) is 0 Å². The predicted molar refractivity (Wildman–Crippen MR) is 104 cm³/mol. The largest absolute Gasteiger partial charge is 0.493 e. The van der Waals surface area contributed by atoms with Crippen LogP contribution >= 0.6 is 11.6 Å². The molecule has 0 aromatic heterocycles. The number of hydrogen-bond acceptors (Lipinski definition) is 6. The summed E-state index contributed by atoms with van der Waals surface area (Å²) in [7, 11) is 0. The summed E-state index contributed by atoms with van der Waals surface area (Å²) in [5.74, 6) is -0.851. The molecule has 8 nitrogen and oxygen atoms in total. The number of nitro groups is 1. The van der Waals surface area contributed by atoms with Crippen molar-refractivity contribution in [3.8, 4) is 5.75 Å². The quantitative estimate of drug-likeness (QED) is 0.310. The molecule has 0 fully saturated rings. The molecule has 0 aliphatic rings. The zero-order valence-electron chi connectivity index (χ0n) is 14.9. The van der Waals surface area contributed by atoms with E-state index in [-0.39, 0.29) is 16.4 Å². The molecule has 0 aliphatic heterocycles. The number of anilines is 1. The molecule has 2 aromatic rings. The van der Waals surface area contributed by atoms with Crippen LogP contribution in [0, 0.1) is 10.1 Å². The minimum atomic E-state index is -0.743. The highest BCUT2D eigenvalue weighted by Crippen LogP contribution is 2.27. The second kappa shape index (κ2) is 10.1. The summed E-state index contributed by atoms with van der Waals surface area (Å²) in [5, 5.41) is 13.5. The molecule has 0 radical (unpaired) electrons. The standard InChI is InChI=1S/C19H17ClN2O6/c1-2-27-17-6-4-3-5-13(17)7-10-19(24)28-12-18(23)21-15-9-8-14(20)11-16(15)22(25)26/h3-11H,2,12H2,1H3,(H,21,23)/b10-7+. The Morgan fingerprint density at radius 3 is 2.71 bits per heavy atom. The highest BCUT2D eigenvalue weighted by atomic mass is 35.5. The molecule has 0 saturated carbocycles. The predicted octanol–water partition coefficient (Wildman–Crippen LogP) is 3.84. The lowest BCUT2D eigenvalue weighted by molar-refractivity contribution is -0.383. The van der Waals surface area contributed by atoms with Gasteiger partial charge in [0.1, 0.15) is 11.4 Å². The molecule has 1 amide bonds. The minimum Gasteiger partial charge on any atom is -0.493 e. The molecule has 0 spiro atoms. The Labute approximate surface area is 165 Å². The minimum absolute atomic E-state index is 0.0448. The number of amides is 1. The van der Waals surface area contributed by atoms with Crippen LogP contribution in [-0.4, -0.2) is 30.0 Å². The molecule has 1 N–H and O–H groups in total. The van der Waals surface area contributed by atoms with Gasteiger partial charge in [-0.05, 0) is 31.2 Å². The van der Waals surface area contributed by atoms with Crippen LogP contribution in [0.1, 0.15) is 12.5 Å². The Balaban J connectivity index is 1.93. The van der Waals surface area contributed by atoms with Gasteiger partial charge in [0.05, 0.1) is 11.5 Å². The van der Waals surface area contributed by atoms with Crippen molar-refractivity contribution in [3.05, 3.63) is 69.2 Å². The molecule has 0 heterocycles. The van der Waals surface area contributed by atoms with E-state index in [1.54, 1.807) is 24.3 Å². The Morgan fingerprint density at radius 1 is 1.25 bits per heavy atom. The second-order valence-electron chi connectivity index (χ2n) is 5.38. The van der Waals surface area contributed by atoms with E-state index in [0.717, 1.165) is 12.1 Å². The first-order valence-corrected chi connectivity index (χ1v) is 8.59. The number of para-hydroxylation sites is 1. The molecule has 2 rings (SSSR count). The number of nitrogens with zero attached hydrogens (tertiary/aromatic N) is 1. The molecule has 0 unspecified atom stereocenters. The van der Waals surface area contributed by atoms with Crippen molar-refractivity contribution >= 4 is 40.9 Å². The van der Waals surface area contributed by atoms with Gasteiger partial charge < -0.3 is 14.8 Å². The molecule has 0 bridgehead atoms. The van der Waals surface area contributed by atoms with Crippen LogP contribution in [0.15, 0.2) is 48.5 Å². The summed E-state index contributed by atoms with van der Waals surface area (Å²) in [6.07, 6.45) is 2.67. The molecule has 0 atom stereocenters. The van der Waals surface area contributed by atoms with Crippen LogP contribution in [0.2, 0.25) is 5.02 Å². The Bertz CT molecular complexity index is 913. The van der Waals surface area contributed by atoms with E-state index in [2.05, 4.69) is 5.32 Å². The fourth-order valence-electron chi connectivity index (χ4n) is 2.20. The summed E-state index contributed by atoms with van der Waals surface area (Å²) >= 11 is 5.71. The molecular formula is C19H17ClN2O6. The van der Waals surface area contributed by atoms with E-state index >= 15 is 0 Å². The van der Waals surface area contributed by atoms with E-state index in [0.29, 0.717) is 17.9 Å². The van der Waals surface area contributed by atoms with Gasteiger partial charge in [0.2, 0.25) is 0 Å². The van der Waals surface area contributed by atoms with E-state index in [1.165, 1.54) is 18.2 Å². The number of nitro benzene ring substituents is 1. The van der Waals surface area contributed by atoms with Gasteiger partial charge in [-0.3, -0.25) is 14.9 Å². The first kappa shape index (κ1) is 20.9. The van der Waals surface area contributed by atoms with Gasteiger partial charge >= 0.3 is 5.97 Å². The van der Waals surface area contributed by atoms with Crippen molar-refractivity contribution in [3.63, 3.8) is 0 Å². The number of halogens is 1. The monoisotopic (exact) mass is 404 g/mol. The highest BCUT2D eigenvalue weighted by Gasteiger charge is 2.17. The van der Waals surface area contributed by atoms with Crippen molar-refractivity contribution < 1.29 is 24.0 Å². The maximum absolute atomic E-state index is 11.9. The first-order chi connectivity index (χ1) is 13.4. The van der Waals surface area contributed by atoms with Gasteiger partial charge in [-0.15, -0.1) is 0 Å². The smallest absolute Gasteiger partial charge is 0.331 e. The summed E-state index contributed by atoms with van der Waals surface area (Å²) < 4.78 is 10.3. The van der Waals surface area contributed by atoms with Gasteiger partial charge in [0.25, 0.3) is 11.6 Å². The van der Waals surface area contributed by atoms with E-state index in [9.17, 15) is 19.7 Å². The number of ether oxygens (including phenoxy) is 2. The van der Waals surface area contributed by atoms with Gasteiger partial charge in [0, 0.05) is 22.7 Å². The van der Waals surface area contributed by atoms with Crippen LogP contribution in [0.25, 0.3) is 6.08 Å². The Kier molecular flexibility index (Phi) is 7.53. The van der Waals surface area contributed by atoms with Crippen molar-refractivity contribution in [1.29, 1.82) is 0 Å². The maximum Gasteiger partial charge on any atom is 0.331 e. The third-order valence-corrected chi connectivity index (χ3v) is 3.63. The van der Waals surface area contributed by atoms with Gasteiger partial charge in [0.15, 0.2) is 6.61 Å². The summed E-state index contributed by atoms with van der Waals surface area (Å²) in [5.41, 5.74) is 0.277. The maximum atomic E-state index is 11.9.